The molecule has 4 aromatic rings. The molecule has 1 aromatic carbocycles. The Balaban J connectivity index is 2.07. The summed E-state index contributed by atoms with van der Waals surface area (Å²) in [7, 11) is 6.00. The van der Waals surface area contributed by atoms with Gasteiger partial charge in [0.15, 0.2) is 5.65 Å². The molecule has 116 valence electrons. The van der Waals surface area contributed by atoms with Gasteiger partial charge in [-0.05, 0) is 33.1 Å². The van der Waals surface area contributed by atoms with E-state index in [0.717, 1.165) is 16.6 Å². The first-order valence-corrected chi connectivity index (χ1v) is 7.68. The van der Waals surface area contributed by atoms with Crippen LogP contribution in [0.3, 0.4) is 0 Å². The SMILES string of the molecule is Cn1c(=O)n(C)c2cc(-c3nc(Cl)nc4c3ncn4P)ccc21. The molecular formula is C14H12ClN6OP. The molecule has 0 spiro atoms. The maximum Gasteiger partial charge on any atom is 0.328 e. The van der Waals surface area contributed by atoms with Crippen molar-refractivity contribution in [1.29, 1.82) is 0 Å². The number of aromatic nitrogens is 6. The molecule has 9 heteroatoms. The standard InChI is InChI=1S/C14H12ClN6OP/c1-19-8-4-3-7(5-9(8)20(2)14(19)22)10-11-12(18-13(15)17-10)21(23)6-16-11/h3-6H,23H2,1-2H3. The molecule has 1 unspecified atom stereocenters. The van der Waals surface area contributed by atoms with Gasteiger partial charge in [-0.15, -0.1) is 0 Å². The van der Waals surface area contributed by atoms with E-state index >= 15 is 0 Å². The molecule has 0 radical (unpaired) electrons. The minimum atomic E-state index is -0.0720. The van der Waals surface area contributed by atoms with Crippen LogP contribution in [-0.2, 0) is 14.1 Å². The molecule has 0 amide bonds. The highest BCUT2D eigenvalue weighted by Crippen LogP contribution is 2.29. The lowest BCUT2D eigenvalue weighted by Gasteiger charge is -2.04. The molecule has 1 atom stereocenters. The van der Waals surface area contributed by atoms with Crippen molar-refractivity contribution >= 4 is 43.2 Å². The van der Waals surface area contributed by atoms with Crippen LogP contribution in [0.25, 0.3) is 33.5 Å². The van der Waals surface area contributed by atoms with Gasteiger partial charge in [0.05, 0.1) is 11.0 Å². The molecule has 3 aromatic heterocycles. The number of nitrogens with zero attached hydrogens (tertiary/aromatic N) is 6. The van der Waals surface area contributed by atoms with Crippen molar-refractivity contribution < 1.29 is 0 Å². The van der Waals surface area contributed by atoms with E-state index in [0.29, 0.717) is 16.9 Å². The molecule has 0 aliphatic rings. The van der Waals surface area contributed by atoms with Crippen LogP contribution in [0, 0.1) is 0 Å². The Bertz CT molecular complexity index is 1140. The summed E-state index contributed by atoms with van der Waals surface area (Å²) in [6, 6.07) is 5.71. The summed E-state index contributed by atoms with van der Waals surface area (Å²) in [4.78, 5) is 24.9. The van der Waals surface area contributed by atoms with E-state index in [1.54, 1.807) is 33.9 Å². The van der Waals surface area contributed by atoms with E-state index in [1.807, 2.05) is 18.2 Å². The van der Waals surface area contributed by atoms with Gasteiger partial charge in [-0.2, -0.15) is 4.98 Å². The number of halogens is 1. The van der Waals surface area contributed by atoms with Crippen molar-refractivity contribution in [2.24, 2.45) is 14.1 Å². The number of rotatable bonds is 1. The Morgan fingerprint density at radius 2 is 1.87 bits per heavy atom. The van der Waals surface area contributed by atoms with Crippen LogP contribution in [-0.4, -0.2) is 28.4 Å². The lowest BCUT2D eigenvalue weighted by atomic mass is 10.1. The molecule has 0 bridgehead atoms. The lowest BCUT2D eigenvalue weighted by Crippen LogP contribution is -2.19. The first-order chi connectivity index (χ1) is 11.0. The van der Waals surface area contributed by atoms with Crippen molar-refractivity contribution in [1.82, 2.24) is 28.4 Å². The normalized spacial score (nSPS) is 11.7. The van der Waals surface area contributed by atoms with Crippen LogP contribution >= 0.6 is 21.0 Å². The minimum Gasteiger partial charge on any atom is -0.299 e. The van der Waals surface area contributed by atoms with Gasteiger partial charge in [-0.1, -0.05) is 6.07 Å². The average molecular weight is 347 g/mol. The number of hydrogen-bond donors (Lipinski definition) is 0. The third-order valence-electron chi connectivity index (χ3n) is 3.94. The van der Waals surface area contributed by atoms with Gasteiger partial charge in [0, 0.05) is 19.7 Å². The van der Waals surface area contributed by atoms with E-state index in [1.165, 1.54) is 0 Å². The average Bonchev–Trinajstić information content (AvgIpc) is 3.01. The summed E-state index contributed by atoms with van der Waals surface area (Å²) in [5.74, 6) is 0. The molecule has 4 rings (SSSR count). The number of hydrogen-bond acceptors (Lipinski definition) is 4. The van der Waals surface area contributed by atoms with Crippen molar-refractivity contribution in [3.63, 3.8) is 0 Å². The van der Waals surface area contributed by atoms with Crippen LogP contribution in [0.15, 0.2) is 29.3 Å². The lowest BCUT2D eigenvalue weighted by molar-refractivity contribution is 0.795. The molecular weight excluding hydrogens is 335 g/mol. The van der Waals surface area contributed by atoms with Crippen LogP contribution in [0.1, 0.15) is 0 Å². The number of fused-ring (bicyclic) bond motifs is 2. The van der Waals surface area contributed by atoms with Gasteiger partial charge in [0.1, 0.15) is 17.5 Å². The zero-order chi connectivity index (χ0) is 16.3. The molecule has 7 nitrogen and oxygen atoms in total. The first kappa shape index (κ1) is 14.4. The highest BCUT2D eigenvalue weighted by molar-refractivity contribution is 7.14. The smallest absolute Gasteiger partial charge is 0.299 e. The Labute approximate surface area is 137 Å². The van der Waals surface area contributed by atoms with E-state index in [2.05, 4.69) is 24.3 Å². The number of aryl methyl sites for hydroxylation is 2. The molecule has 3 heterocycles. The molecule has 0 saturated carbocycles. The molecule has 0 fully saturated rings. The van der Waals surface area contributed by atoms with E-state index in [9.17, 15) is 4.79 Å². The fourth-order valence-electron chi connectivity index (χ4n) is 2.75. The molecule has 0 N–H and O–H groups in total. The fourth-order valence-corrected chi connectivity index (χ4v) is 3.16. The second-order valence-corrected chi connectivity index (χ2v) is 6.16. The zero-order valence-corrected chi connectivity index (χ0v) is 14.3. The van der Waals surface area contributed by atoms with Crippen LogP contribution in [0.2, 0.25) is 5.28 Å². The Morgan fingerprint density at radius 1 is 1.13 bits per heavy atom. The molecule has 0 aliphatic carbocycles. The predicted octanol–water partition coefficient (Wildman–Crippen LogP) is 1.98. The second-order valence-electron chi connectivity index (χ2n) is 5.27. The van der Waals surface area contributed by atoms with Gasteiger partial charge < -0.3 is 0 Å². The summed E-state index contributed by atoms with van der Waals surface area (Å²) < 4.78 is 4.93. The molecule has 0 aliphatic heterocycles. The largest absolute Gasteiger partial charge is 0.328 e. The quantitative estimate of drug-likeness (QED) is 0.390. The third-order valence-corrected chi connectivity index (χ3v) is 4.49. The summed E-state index contributed by atoms with van der Waals surface area (Å²) in [6.07, 6.45) is 1.64. The fraction of sp³-hybridized carbons (Fsp3) is 0.143. The van der Waals surface area contributed by atoms with E-state index < -0.39 is 0 Å². The van der Waals surface area contributed by atoms with E-state index in [-0.39, 0.29) is 11.0 Å². The monoisotopic (exact) mass is 346 g/mol. The highest BCUT2D eigenvalue weighted by atomic mass is 35.5. The minimum absolute atomic E-state index is 0.0720. The van der Waals surface area contributed by atoms with Crippen molar-refractivity contribution in [2.75, 3.05) is 0 Å². The maximum atomic E-state index is 12.1. The zero-order valence-electron chi connectivity index (χ0n) is 12.4. The number of benzene rings is 1. The van der Waals surface area contributed by atoms with Crippen LogP contribution in [0.4, 0.5) is 0 Å². The summed E-state index contributed by atoms with van der Waals surface area (Å²) in [5, 5.41) is 0.152. The summed E-state index contributed by atoms with van der Waals surface area (Å²) >= 11 is 6.05. The van der Waals surface area contributed by atoms with E-state index in [4.69, 9.17) is 11.6 Å². The number of imidazole rings is 2. The van der Waals surface area contributed by atoms with Gasteiger partial charge in [0.2, 0.25) is 5.28 Å². The Kier molecular flexibility index (Phi) is 3.04. The summed E-state index contributed by atoms with van der Waals surface area (Å²) in [6.45, 7) is 0. The van der Waals surface area contributed by atoms with Gasteiger partial charge >= 0.3 is 5.69 Å². The first-order valence-electron chi connectivity index (χ1n) is 6.79. The maximum absolute atomic E-state index is 12.1. The van der Waals surface area contributed by atoms with Crippen molar-refractivity contribution in [3.8, 4) is 11.3 Å². The highest BCUT2D eigenvalue weighted by Gasteiger charge is 2.15. The Hall–Kier alpha value is -2.24. The van der Waals surface area contributed by atoms with Crippen molar-refractivity contribution in [2.45, 2.75) is 0 Å². The molecule has 23 heavy (non-hydrogen) atoms. The van der Waals surface area contributed by atoms with Gasteiger partial charge in [0.25, 0.3) is 0 Å². The van der Waals surface area contributed by atoms with Gasteiger partial charge in [-0.3, -0.25) is 13.5 Å². The molecule has 0 saturated heterocycles. The van der Waals surface area contributed by atoms with Crippen LogP contribution < -0.4 is 5.69 Å². The third kappa shape index (κ3) is 2.00. The Morgan fingerprint density at radius 3 is 2.65 bits per heavy atom. The predicted molar refractivity (Wildman–Crippen MR) is 92.6 cm³/mol. The second kappa shape index (κ2) is 4.88. The topological polar surface area (TPSA) is 70.5 Å². The van der Waals surface area contributed by atoms with Gasteiger partial charge in [-0.25, -0.2) is 14.8 Å². The van der Waals surface area contributed by atoms with Crippen molar-refractivity contribution in [3.05, 3.63) is 40.3 Å². The summed E-state index contributed by atoms with van der Waals surface area (Å²) in [5.41, 5.74) is 4.36. The van der Waals surface area contributed by atoms with Crippen LogP contribution in [0.5, 0.6) is 0 Å².